The van der Waals surface area contributed by atoms with Crippen molar-refractivity contribution in [2.45, 2.75) is 101 Å². The number of amides is 1. The van der Waals surface area contributed by atoms with Gasteiger partial charge in [0.1, 0.15) is 5.75 Å². The molecule has 246 valence electrons. The number of carbonyl (C=O) groups excluding carboxylic acids is 1. The van der Waals surface area contributed by atoms with Crippen LogP contribution in [0.1, 0.15) is 94.8 Å². The molecule has 1 heterocycles. The van der Waals surface area contributed by atoms with Gasteiger partial charge >= 0.3 is 0 Å². The molecule has 5 rings (SSSR count). The second-order valence-corrected chi connectivity index (χ2v) is 13.0. The molecule has 5 aromatic rings. The van der Waals surface area contributed by atoms with Crippen molar-refractivity contribution in [1.82, 2.24) is 20.2 Å². The van der Waals surface area contributed by atoms with Crippen molar-refractivity contribution < 1.29 is 14.7 Å². The quantitative estimate of drug-likeness (QED) is 0.0744. The van der Waals surface area contributed by atoms with E-state index >= 15 is 0 Å². The Balaban J connectivity index is 1.33. The van der Waals surface area contributed by atoms with E-state index in [0.717, 1.165) is 35.2 Å². The van der Waals surface area contributed by atoms with E-state index in [4.69, 9.17) is 4.84 Å². The van der Waals surface area contributed by atoms with Crippen LogP contribution in [0.5, 0.6) is 5.75 Å². The Bertz CT molecular complexity index is 1700. The average molecular weight is 652 g/mol. The Morgan fingerprint density at radius 3 is 2.11 bits per heavy atom. The van der Waals surface area contributed by atoms with Crippen molar-refractivity contribution in [3.63, 3.8) is 0 Å². The van der Waals surface area contributed by atoms with E-state index in [2.05, 4.69) is 22.4 Å². The molecule has 0 aliphatic heterocycles. The summed E-state index contributed by atoms with van der Waals surface area (Å²) in [7, 11) is 0. The number of hydrogen-bond donors (Lipinski definition) is 1. The third-order valence-electron chi connectivity index (χ3n) is 8.28. The first-order valence-electron chi connectivity index (χ1n) is 16.9. The van der Waals surface area contributed by atoms with Gasteiger partial charge in [-0.25, -0.2) is 0 Å². The van der Waals surface area contributed by atoms with Crippen LogP contribution in [0.2, 0.25) is 0 Å². The van der Waals surface area contributed by atoms with Crippen molar-refractivity contribution in [3.05, 3.63) is 96.6 Å². The van der Waals surface area contributed by atoms with Crippen LogP contribution in [-0.4, -0.2) is 37.3 Å². The van der Waals surface area contributed by atoms with Gasteiger partial charge in [0.15, 0.2) is 0 Å². The molecule has 9 heteroatoms. The molecule has 1 unspecified atom stereocenters. The van der Waals surface area contributed by atoms with Gasteiger partial charge in [-0.15, -0.1) is 5.10 Å². The van der Waals surface area contributed by atoms with Gasteiger partial charge in [0.2, 0.25) is 5.16 Å². The first-order chi connectivity index (χ1) is 23.1. The van der Waals surface area contributed by atoms with E-state index in [9.17, 15) is 9.90 Å². The molecule has 0 spiro atoms. The largest absolute Gasteiger partial charge is 0.506 e. The number of aromatic hydroxyl groups is 1. The molecule has 0 radical (unpaired) electrons. The Labute approximate surface area is 282 Å². The maximum Gasteiger partial charge on any atom is 0.286 e. The number of phenols is 1. The zero-order chi connectivity index (χ0) is 32.8. The molecule has 47 heavy (non-hydrogen) atoms. The Hall–Kier alpha value is -4.21. The lowest BCUT2D eigenvalue weighted by atomic mass is 10.0. The van der Waals surface area contributed by atoms with Crippen LogP contribution in [-0.2, 0) is 4.84 Å². The van der Waals surface area contributed by atoms with Crippen molar-refractivity contribution in [2.75, 3.05) is 5.06 Å². The summed E-state index contributed by atoms with van der Waals surface area (Å²) in [4.78, 5) is 21.4. The van der Waals surface area contributed by atoms with Crippen molar-refractivity contribution in [2.24, 2.45) is 0 Å². The number of rotatable bonds is 18. The zero-order valence-corrected chi connectivity index (χ0v) is 28.2. The first kappa shape index (κ1) is 34.1. The van der Waals surface area contributed by atoms with Gasteiger partial charge in [0.05, 0.1) is 23.0 Å². The predicted octanol–water partition coefficient (Wildman–Crippen LogP) is 9.95. The minimum atomic E-state index is -0.445. The normalized spacial score (nSPS) is 12.0. The molecule has 4 aromatic carbocycles. The van der Waals surface area contributed by atoms with E-state index in [1.807, 2.05) is 91.9 Å². The standard InChI is InChI=1S/C38H45N5O3S/c1-3-4-5-6-7-8-9-10-11-14-21-29(2)46-43(31-24-17-13-18-25-31)37(45)34-28-35(32-26-19-20-27-33(32)36(34)44)47-38-39-40-41-42(38)30-22-15-12-16-23-30/h12-13,15-20,22-29,44H,3-11,14,21H2,1-2H3. The van der Waals surface area contributed by atoms with Crippen LogP contribution in [0.3, 0.4) is 0 Å². The van der Waals surface area contributed by atoms with Crippen molar-refractivity contribution >= 4 is 34.1 Å². The van der Waals surface area contributed by atoms with E-state index < -0.39 is 5.91 Å². The molecular weight excluding hydrogens is 607 g/mol. The second kappa shape index (κ2) is 17.6. The zero-order valence-electron chi connectivity index (χ0n) is 27.4. The van der Waals surface area contributed by atoms with Gasteiger partial charge in [-0.05, 0) is 71.3 Å². The maximum absolute atomic E-state index is 14.3. The van der Waals surface area contributed by atoms with Gasteiger partial charge in [-0.1, -0.05) is 132 Å². The second-order valence-electron chi connectivity index (χ2n) is 11.9. The lowest BCUT2D eigenvalue weighted by molar-refractivity contribution is 0.0305. The highest BCUT2D eigenvalue weighted by Gasteiger charge is 2.27. The molecule has 1 N–H and O–H groups in total. The number of benzene rings is 4. The molecular formula is C38H45N5O3S. The number of anilines is 1. The van der Waals surface area contributed by atoms with Gasteiger partial charge in [0.25, 0.3) is 5.91 Å². The molecule has 1 amide bonds. The Kier molecular flexibility index (Phi) is 12.8. The number of fused-ring (bicyclic) bond motifs is 1. The van der Waals surface area contributed by atoms with Gasteiger partial charge in [-0.3, -0.25) is 9.63 Å². The molecule has 1 aromatic heterocycles. The smallest absolute Gasteiger partial charge is 0.286 e. The number of aromatic nitrogens is 4. The fourth-order valence-electron chi connectivity index (χ4n) is 5.70. The average Bonchev–Trinajstić information content (AvgIpc) is 3.58. The highest BCUT2D eigenvalue weighted by atomic mass is 32.2. The van der Waals surface area contributed by atoms with Crippen LogP contribution >= 0.6 is 11.8 Å². The van der Waals surface area contributed by atoms with Gasteiger partial charge in [-0.2, -0.15) is 9.75 Å². The highest BCUT2D eigenvalue weighted by molar-refractivity contribution is 7.99. The Morgan fingerprint density at radius 1 is 0.830 bits per heavy atom. The lowest BCUT2D eigenvalue weighted by Gasteiger charge is -2.26. The van der Waals surface area contributed by atoms with E-state index in [-0.39, 0.29) is 17.4 Å². The molecule has 8 nitrogen and oxygen atoms in total. The van der Waals surface area contributed by atoms with Crippen LogP contribution in [0.15, 0.2) is 101 Å². The van der Waals surface area contributed by atoms with Crippen molar-refractivity contribution in [1.29, 1.82) is 0 Å². The topological polar surface area (TPSA) is 93.4 Å². The number of tetrazole rings is 1. The number of hydroxylamine groups is 1. The fraction of sp³-hybridized carbons (Fsp3) is 0.368. The summed E-state index contributed by atoms with van der Waals surface area (Å²) >= 11 is 1.33. The molecule has 0 saturated heterocycles. The molecule has 0 aliphatic rings. The summed E-state index contributed by atoms with van der Waals surface area (Å²) in [5.74, 6) is -0.539. The monoisotopic (exact) mass is 651 g/mol. The summed E-state index contributed by atoms with van der Waals surface area (Å²) in [6, 6.07) is 28.2. The minimum absolute atomic E-state index is 0.0931. The third kappa shape index (κ3) is 9.20. The number of carbonyl (C=O) groups is 1. The lowest BCUT2D eigenvalue weighted by Crippen LogP contribution is -2.34. The fourth-order valence-corrected chi connectivity index (χ4v) is 6.66. The predicted molar refractivity (Wildman–Crippen MR) is 189 cm³/mol. The van der Waals surface area contributed by atoms with E-state index in [1.54, 1.807) is 10.7 Å². The van der Waals surface area contributed by atoms with Crippen molar-refractivity contribution in [3.8, 4) is 11.4 Å². The molecule has 0 saturated carbocycles. The van der Waals surface area contributed by atoms with E-state index in [0.29, 0.717) is 16.2 Å². The summed E-state index contributed by atoms with van der Waals surface area (Å²) in [6.45, 7) is 4.26. The Morgan fingerprint density at radius 2 is 1.43 bits per heavy atom. The van der Waals surface area contributed by atoms with Gasteiger partial charge in [0, 0.05) is 10.3 Å². The summed E-state index contributed by atoms with van der Waals surface area (Å²) in [5.41, 5.74) is 1.56. The molecule has 0 fully saturated rings. The maximum atomic E-state index is 14.3. The van der Waals surface area contributed by atoms with E-state index in [1.165, 1.54) is 68.2 Å². The summed E-state index contributed by atoms with van der Waals surface area (Å²) in [6.07, 6.45) is 13.3. The number of hydrogen-bond acceptors (Lipinski definition) is 7. The number of phenolic OH excluding ortho intramolecular Hbond substituents is 1. The minimum Gasteiger partial charge on any atom is -0.506 e. The molecule has 0 bridgehead atoms. The first-order valence-corrected chi connectivity index (χ1v) is 17.7. The van der Waals surface area contributed by atoms with Crippen LogP contribution in [0, 0.1) is 0 Å². The van der Waals surface area contributed by atoms with Gasteiger partial charge < -0.3 is 5.11 Å². The van der Waals surface area contributed by atoms with Crippen LogP contribution in [0.25, 0.3) is 16.5 Å². The number of nitrogens with zero attached hydrogens (tertiary/aromatic N) is 5. The van der Waals surface area contributed by atoms with Crippen LogP contribution in [0.4, 0.5) is 5.69 Å². The molecule has 1 atom stereocenters. The summed E-state index contributed by atoms with van der Waals surface area (Å²) < 4.78 is 1.66. The number of para-hydroxylation sites is 2. The SMILES string of the molecule is CCCCCCCCCCCCC(C)ON(C(=O)c1cc(Sc2nnnn2-c2ccccc2)c2ccccc2c1O)c1ccccc1. The molecule has 0 aliphatic carbocycles. The summed E-state index contributed by atoms with van der Waals surface area (Å²) in [5, 5.41) is 27.0. The van der Waals surface area contributed by atoms with Crippen LogP contribution < -0.4 is 5.06 Å². The third-order valence-corrected chi connectivity index (χ3v) is 9.27. The highest BCUT2D eigenvalue weighted by Crippen LogP contribution is 2.40. The number of unbranched alkanes of at least 4 members (excludes halogenated alkanes) is 9.